The van der Waals surface area contributed by atoms with Gasteiger partial charge < -0.3 is 16.0 Å². The smallest absolute Gasteiger partial charge is 0.257 e. The molecule has 0 saturated heterocycles. The van der Waals surface area contributed by atoms with Crippen LogP contribution in [0.5, 0.6) is 0 Å². The van der Waals surface area contributed by atoms with Gasteiger partial charge in [0.25, 0.3) is 5.91 Å². The summed E-state index contributed by atoms with van der Waals surface area (Å²) >= 11 is 0. The van der Waals surface area contributed by atoms with Crippen LogP contribution in [0.15, 0.2) is 103 Å². The van der Waals surface area contributed by atoms with E-state index in [1.54, 1.807) is 30.5 Å². The van der Waals surface area contributed by atoms with Crippen molar-refractivity contribution in [2.24, 2.45) is 0 Å². The minimum absolute atomic E-state index is 0.265. The Balaban J connectivity index is 1.24. The lowest BCUT2D eigenvalue weighted by Crippen LogP contribution is -2.12. The number of halogens is 1. The fraction of sp³-hybridized carbons (Fsp3) is 0. The van der Waals surface area contributed by atoms with Crippen molar-refractivity contribution in [3.63, 3.8) is 0 Å². The molecular formula is C27H20FN5O. The van der Waals surface area contributed by atoms with E-state index < -0.39 is 0 Å². The third kappa shape index (κ3) is 4.83. The molecule has 0 atom stereocenters. The van der Waals surface area contributed by atoms with Crippen molar-refractivity contribution in [2.75, 3.05) is 16.0 Å². The summed E-state index contributed by atoms with van der Waals surface area (Å²) in [7, 11) is 0. The lowest BCUT2D eigenvalue weighted by atomic mass is 10.2. The van der Waals surface area contributed by atoms with Gasteiger partial charge in [0.05, 0.1) is 16.8 Å². The summed E-state index contributed by atoms with van der Waals surface area (Å²) in [6.07, 6.45) is 3.14. The standard InChI is InChI=1S/C27H20FN5O/c28-19-7-12-24-23(16-19)25(14-15-29-24)33-26-13-6-18(17-30-26)27(34)32-22-10-8-21(9-11-22)31-20-4-2-1-3-5-20/h1-17,31H,(H,32,34)(H,29,30,33). The highest BCUT2D eigenvalue weighted by molar-refractivity contribution is 6.04. The van der Waals surface area contributed by atoms with Crippen LogP contribution >= 0.6 is 0 Å². The zero-order chi connectivity index (χ0) is 23.3. The summed E-state index contributed by atoms with van der Waals surface area (Å²) in [5.41, 5.74) is 4.36. The predicted molar refractivity (Wildman–Crippen MR) is 133 cm³/mol. The van der Waals surface area contributed by atoms with E-state index in [1.165, 1.54) is 18.3 Å². The first kappa shape index (κ1) is 21.1. The summed E-state index contributed by atoms with van der Waals surface area (Å²) in [4.78, 5) is 21.2. The second-order valence-electron chi connectivity index (χ2n) is 7.60. The number of nitrogens with zero attached hydrogens (tertiary/aromatic N) is 2. The van der Waals surface area contributed by atoms with Gasteiger partial charge in [-0.3, -0.25) is 9.78 Å². The zero-order valence-corrected chi connectivity index (χ0v) is 18.0. The summed E-state index contributed by atoms with van der Waals surface area (Å²) in [6, 6.07) is 26.9. The molecule has 0 unspecified atom stereocenters. The average molecular weight is 449 g/mol. The molecular weight excluding hydrogens is 429 g/mol. The van der Waals surface area contributed by atoms with Crippen LogP contribution in [-0.4, -0.2) is 15.9 Å². The summed E-state index contributed by atoms with van der Waals surface area (Å²) < 4.78 is 13.7. The number of carbonyl (C=O) groups excluding carboxylic acids is 1. The van der Waals surface area contributed by atoms with Crippen molar-refractivity contribution in [3.8, 4) is 0 Å². The molecule has 0 aliphatic carbocycles. The first-order chi connectivity index (χ1) is 16.6. The van der Waals surface area contributed by atoms with Crippen molar-refractivity contribution >= 4 is 45.4 Å². The topological polar surface area (TPSA) is 78.9 Å². The van der Waals surface area contributed by atoms with Gasteiger partial charge in [-0.1, -0.05) is 18.2 Å². The summed E-state index contributed by atoms with van der Waals surface area (Å²) in [5, 5.41) is 9.98. The fourth-order valence-electron chi connectivity index (χ4n) is 3.50. The summed E-state index contributed by atoms with van der Waals surface area (Å²) in [5.74, 6) is -0.0729. The Morgan fingerprint density at radius 1 is 0.735 bits per heavy atom. The maximum atomic E-state index is 13.7. The van der Waals surface area contributed by atoms with Crippen molar-refractivity contribution in [1.29, 1.82) is 0 Å². The number of fused-ring (bicyclic) bond motifs is 1. The van der Waals surface area contributed by atoms with Gasteiger partial charge in [-0.05, 0) is 72.8 Å². The first-order valence-corrected chi connectivity index (χ1v) is 10.6. The molecule has 7 heteroatoms. The molecule has 0 aliphatic rings. The third-order valence-corrected chi connectivity index (χ3v) is 5.20. The minimum atomic E-state index is -0.340. The van der Waals surface area contributed by atoms with Gasteiger partial charge in [-0.2, -0.15) is 0 Å². The Morgan fingerprint density at radius 3 is 2.26 bits per heavy atom. The molecule has 0 aliphatic heterocycles. The predicted octanol–water partition coefficient (Wildman–Crippen LogP) is 6.51. The molecule has 0 saturated carbocycles. The Hall–Kier alpha value is -4.78. The molecule has 5 rings (SSSR count). The van der Waals surface area contributed by atoms with E-state index in [9.17, 15) is 9.18 Å². The van der Waals surface area contributed by atoms with Gasteiger partial charge in [-0.25, -0.2) is 9.37 Å². The highest BCUT2D eigenvalue weighted by Gasteiger charge is 2.09. The molecule has 0 spiro atoms. The Kier molecular flexibility index (Phi) is 5.82. The molecule has 0 bridgehead atoms. The second kappa shape index (κ2) is 9.38. The van der Waals surface area contributed by atoms with Crippen LogP contribution in [-0.2, 0) is 0 Å². The molecule has 34 heavy (non-hydrogen) atoms. The monoisotopic (exact) mass is 449 g/mol. The number of nitrogens with one attached hydrogen (secondary N) is 3. The van der Waals surface area contributed by atoms with Crippen LogP contribution in [0.3, 0.4) is 0 Å². The van der Waals surface area contributed by atoms with Gasteiger partial charge in [-0.15, -0.1) is 0 Å². The number of carbonyl (C=O) groups is 1. The van der Waals surface area contributed by atoms with Gasteiger partial charge in [0.1, 0.15) is 11.6 Å². The minimum Gasteiger partial charge on any atom is -0.356 e. The molecule has 5 aromatic rings. The van der Waals surface area contributed by atoms with Crippen LogP contribution in [0.4, 0.5) is 33.0 Å². The SMILES string of the molecule is O=C(Nc1ccc(Nc2ccccc2)cc1)c1ccc(Nc2ccnc3ccc(F)cc23)nc1. The van der Waals surface area contributed by atoms with Crippen LogP contribution in [0, 0.1) is 5.82 Å². The first-order valence-electron chi connectivity index (χ1n) is 10.6. The van der Waals surface area contributed by atoms with Gasteiger partial charge in [0.2, 0.25) is 0 Å². The molecule has 2 heterocycles. The Morgan fingerprint density at radius 2 is 1.50 bits per heavy atom. The van der Waals surface area contributed by atoms with Gasteiger partial charge in [0.15, 0.2) is 0 Å². The molecule has 1 amide bonds. The molecule has 0 fully saturated rings. The van der Waals surface area contributed by atoms with Crippen molar-refractivity contribution in [3.05, 3.63) is 115 Å². The van der Waals surface area contributed by atoms with Crippen LogP contribution in [0.1, 0.15) is 10.4 Å². The lowest BCUT2D eigenvalue weighted by Gasteiger charge is -2.10. The number of para-hydroxylation sites is 1. The number of anilines is 5. The second-order valence-corrected chi connectivity index (χ2v) is 7.60. The number of rotatable bonds is 6. The van der Waals surface area contributed by atoms with E-state index in [0.717, 1.165) is 11.4 Å². The van der Waals surface area contributed by atoms with E-state index in [2.05, 4.69) is 25.9 Å². The van der Waals surface area contributed by atoms with Crippen LogP contribution in [0.2, 0.25) is 0 Å². The molecule has 3 aromatic carbocycles. The van der Waals surface area contributed by atoms with E-state index in [0.29, 0.717) is 33.7 Å². The van der Waals surface area contributed by atoms with E-state index >= 15 is 0 Å². The maximum Gasteiger partial charge on any atom is 0.257 e. The number of pyridine rings is 2. The van der Waals surface area contributed by atoms with Gasteiger partial charge in [0, 0.05) is 34.8 Å². The normalized spacial score (nSPS) is 10.6. The molecule has 2 aromatic heterocycles. The van der Waals surface area contributed by atoms with Gasteiger partial charge >= 0.3 is 0 Å². The van der Waals surface area contributed by atoms with Crippen molar-refractivity contribution in [2.45, 2.75) is 0 Å². The third-order valence-electron chi connectivity index (χ3n) is 5.20. The van der Waals surface area contributed by atoms with Crippen molar-refractivity contribution in [1.82, 2.24) is 9.97 Å². The largest absolute Gasteiger partial charge is 0.356 e. The Bertz CT molecular complexity index is 1440. The lowest BCUT2D eigenvalue weighted by molar-refractivity contribution is 0.102. The van der Waals surface area contributed by atoms with Crippen LogP contribution in [0.25, 0.3) is 10.9 Å². The quantitative estimate of drug-likeness (QED) is 0.275. The Labute approximate surface area is 195 Å². The van der Waals surface area contributed by atoms with E-state index in [-0.39, 0.29) is 11.7 Å². The van der Waals surface area contributed by atoms with E-state index in [4.69, 9.17) is 0 Å². The van der Waals surface area contributed by atoms with Crippen LogP contribution < -0.4 is 16.0 Å². The maximum absolute atomic E-state index is 13.7. The molecule has 166 valence electrons. The number of hydrogen-bond donors (Lipinski definition) is 3. The molecule has 0 radical (unpaired) electrons. The molecule has 3 N–H and O–H groups in total. The number of hydrogen-bond acceptors (Lipinski definition) is 5. The zero-order valence-electron chi connectivity index (χ0n) is 18.0. The number of aromatic nitrogens is 2. The fourth-order valence-corrected chi connectivity index (χ4v) is 3.50. The highest BCUT2D eigenvalue weighted by atomic mass is 19.1. The van der Waals surface area contributed by atoms with Crippen molar-refractivity contribution < 1.29 is 9.18 Å². The summed E-state index contributed by atoms with van der Waals surface area (Å²) in [6.45, 7) is 0. The van der Waals surface area contributed by atoms with E-state index in [1.807, 2.05) is 54.6 Å². The average Bonchev–Trinajstić information content (AvgIpc) is 2.87. The molecule has 6 nitrogen and oxygen atoms in total. The number of benzene rings is 3. The number of amides is 1. The highest BCUT2D eigenvalue weighted by Crippen LogP contribution is 2.25.